The minimum atomic E-state index is -0.469. The molecule has 2 atom stereocenters. The van der Waals surface area contributed by atoms with Gasteiger partial charge in [0.05, 0.1) is 40.5 Å². The molecule has 8 heteroatoms. The molecule has 1 aliphatic rings. The molecule has 5 rings (SSSR count). The number of aryl methyl sites for hydroxylation is 1. The second-order valence-electron chi connectivity index (χ2n) is 7.70. The summed E-state index contributed by atoms with van der Waals surface area (Å²) >= 11 is 0. The predicted octanol–water partition coefficient (Wildman–Crippen LogP) is 2.73. The van der Waals surface area contributed by atoms with Crippen LogP contribution in [-0.4, -0.2) is 36.0 Å². The third-order valence-corrected chi connectivity index (χ3v) is 5.50. The van der Waals surface area contributed by atoms with Gasteiger partial charge < -0.3 is 11.1 Å². The van der Waals surface area contributed by atoms with Gasteiger partial charge in [0.1, 0.15) is 0 Å². The van der Waals surface area contributed by atoms with E-state index in [1.54, 1.807) is 6.20 Å². The lowest BCUT2D eigenvalue weighted by molar-refractivity contribution is 0.442. The van der Waals surface area contributed by atoms with Crippen LogP contribution >= 0.6 is 0 Å². The van der Waals surface area contributed by atoms with Crippen molar-refractivity contribution in [2.75, 3.05) is 5.32 Å². The van der Waals surface area contributed by atoms with E-state index in [1.165, 1.54) is 0 Å². The molecule has 1 saturated carbocycles. The van der Waals surface area contributed by atoms with Crippen molar-refractivity contribution in [3.05, 3.63) is 66.4 Å². The van der Waals surface area contributed by atoms with E-state index in [4.69, 9.17) is 5.73 Å². The molecule has 0 saturated heterocycles. The Morgan fingerprint density at radius 3 is 2.76 bits per heavy atom. The average Bonchev–Trinajstić information content (AvgIpc) is 3.34. The summed E-state index contributed by atoms with van der Waals surface area (Å²) in [6.07, 6.45) is 8.10. The van der Waals surface area contributed by atoms with Crippen LogP contribution in [0.15, 0.2) is 55.0 Å². The van der Waals surface area contributed by atoms with Gasteiger partial charge in [-0.3, -0.25) is 4.98 Å². The number of nitrogens with zero attached hydrogens (tertiary/aromatic N) is 6. The van der Waals surface area contributed by atoms with Gasteiger partial charge >= 0.3 is 0 Å². The molecule has 8 nitrogen and oxygen atoms in total. The summed E-state index contributed by atoms with van der Waals surface area (Å²) in [5, 5.41) is 17.2. The Hall–Kier alpha value is -3.39. The number of anilines is 1. The smallest absolute Gasteiger partial charge is 0.242 e. The maximum atomic E-state index is 6.72. The van der Waals surface area contributed by atoms with Gasteiger partial charge in [0.25, 0.3) is 0 Å². The number of rotatable bonds is 4. The number of benzene rings is 1. The monoisotopic (exact) mass is 386 g/mol. The maximum Gasteiger partial charge on any atom is 0.242 e. The Bertz CT molecular complexity index is 1100. The fraction of sp³-hybridized carbons (Fsp3) is 0.286. The van der Waals surface area contributed by atoms with Crippen LogP contribution in [0.4, 0.5) is 5.95 Å². The quantitative estimate of drug-likeness (QED) is 0.555. The van der Waals surface area contributed by atoms with E-state index in [9.17, 15) is 0 Å². The SMILES string of the molecule is Cc1cnc(NC2CCC(N)(c3ccc(-n4cc5ccccc5n4)cn3)C2)nn1. The Balaban J connectivity index is 1.32. The van der Waals surface area contributed by atoms with Gasteiger partial charge in [-0.1, -0.05) is 18.2 Å². The highest BCUT2D eigenvalue weighted by atomic mass is 15.3. The molecule has 4 aromatic rings. The first kappa shape index (κ1) is 17.7. The minimum Gasteiger partial charge on any atom is -0.350 e. The van der Waals surface area contributed by atoms with Crippen molar-refractivity contribution in [3.8, 4) is 5.69 Å². The van der Waals surface area contributed by atoms with Gasteiger partial charge in [0.15, 0.2) is 0 Å². The van der Waals surface area contributed by atoms with Gasteiger partial charge in [0, 0.05) is 17.6 Å². The first-order valence-corrected chi connectivity index (χ1v) is 9.72. The topological polar surface area (TPSA) is 107 Å². The molecule has 1 aromatic carbocycles. The Morgan fingerprint density at radius 2 is 2.00 bits per heavy atom. The van der Waals surface area contributed by atoms with E-state index in [2.05, 4.69) is 36.6 Å². The first-order valence-electron chi connectivity index (χ1n) is 9.72. The molecule has 1 aliphatic carbocycles. The van der Waals surface area contributed by atoms with Crippen molar-refractivity contribution in [1.82, 2.24) is 29.9 Å². The molecule has 2 unspecified atom stereocenters. The van der Waals surface area contributed by atoms with E-state index in [1.807, 2.05) is 54.3 Å². The van der Waals surface area contributed by atoms with Crippen LogP contribution in [0.25, 0.3) is 16.6 Å². The number of aromatic nitrogens is 6. The summed E-state index contributed by atoms with van der Waals surface area (Å²) in [6, 6.07) is 12.3. The molecule has 0 bridgehead atoms. The van der Waals surface area contributed by atoms with Crippen LogP contribution in [0.2, 0.25) is 0 Å². The van der Waals surface area contributed by atoms with E-state index in [0.29, 0.717) is 5.95 Å². The number of nitrogens with two attached hydrogens (primary N) is 1. The minimum absolute atomic E-state index is 0.197. The summed E-state index contributed by atoms with van der Waals surface area (Å²) in [4.78, 5) is 8.95. The van der Waals surface area contributed by atoms with Gasteiger partial charge in [-0.2, -0.15) is 10.2 Å². The highest BCUT2D eigenvalue weighted by Gasteiger charge is 2.38. The highest BCUT2D eigenvalue weighted by molar-refractivity contribution is 5.78. The molecule has 146 valence electrons. The van der Waals surface area contributed by atoms with Gasteiger partial charge in [0.2, 0.25) is 5.95 Å². The van der Waals surface area contributed by atoms with Crippen molar-refractivity contribution in [1.29, 1.82) is 0 Å². The number of pyridine rings is 1. The fourth-order valence-corrected chi connectivity index (χ4v) is 3.93. The zero-order chi connectivity index (χ0) is 19.8. The van der Waals surface area contributed by atoms with Crippen molar-refractivity contribution in [3.63, 3.8) is 0 Å². The molecule has 1 fully saturated rings. The third-order valence-electron chi connectivity index (χ3n) is 5.50. The van der Waals surface area contributed by atoms with Crippen LogP contribution < -0.4 is 11.1 Å². The number of hydrogen-bond acceptors (Lipinski definition) is 7. The van der Waals surface area contributed by atoms with Crippen molar-refractivity contribution in [2.24, 2.45) is 5.73 Å². The second kappa shape index (κ2) is 6.89. The molecule has 0 amide bonds. The zero-order valence-corrected chi connectivity index (χ0v) is 16.2. The Labute approximate surface area is 168 Å². The molecule has 0 aliphatic heterocycles. The molecular formula is C21H22N8. The summed E-state index contributed by atoms with van der Waals surface area (Å²) in [5.74, 6) is 0.541. The molecule has 3 aromatic heterocycles. The molecule has 0 radical (unpaired) electrons. The van der Waals surface area contributed by atoms with Crippen LogP contribution in [0.1, 0.15) is 30.7 Å². The van der Waals surface area contributed by atoms with Crippen LogP contribution in [0.3, 0.4) is 0 Å². The number of fused-ring (bicyclic) bond motifs is 1. The van der Waals surface area contributed by atoms with Crippen molar-refractivity contribution < 1.29 is 0 Å². The normalized spacial score (nSPS) is 21.5. The van der Waals surface area contributed by atoms with Crippen LogP contribution in [0.5, 0.6) is 0 Å². The lowest BCUT2D eigenvalue weighted by Gasteiger charge is -2.24. The molecule has 3 heterocycles. The number of hydrogen-bond donors (Lipinski definition) is 2. The average molecular weight is 386 g/mol. The summed E-state index contributed by atoms with van der Waals surface area (Å²) in [7, 11) is 0. The lowest BCUT2D eigenvalue weighted by Crippen LogP contribution is -2.36. The molecule has 0 spiro atoms. The summed E-state index contributed by atoms with van der Waals surface area (Å²) in [6.45, 7) is 1.87. The summed E-state index contributed by atoms with van der Waals surface area (Å²) < 4.78 is 1.85. The van der Waals surface area contributed by atoms with Crippen LogP contribution in [-0.2, 0) is 5.54 Å². The highest BCUT2D eigenvalue weighted by Crippen LogP contribution is 2.36. The van der Waals surface area contributed by atoms with Gasteiger partial charge in [-0.05, 0) is 44.4 Å². The van der Waals surface area contributed by atoms with E-state index in [0.717, 1.165) is 47.2 Å². The Morgan fingerprint density at radius 1 is 1.10 bits per heavy atom. The van der Waals surface area contributed by atoms with Gasteiger partial charge in [-0.15, -0.1) is 5.10 Å². The summed E-state index contributed by atoms with van der Waals surface area (Å²) in [5.41, 5.74) is 9.82. The van der Waals surface area contributed by atoms with E-state index in [-0.39, 0.29) is 6.04 Å². The van der Waals surface area contributed by atoms with Crippen molar-refractivity contribution >= 4 is 16.9 Å². The van der Waals surface area contributed by atoms with E-state index < -0.39 is 5.54 Å². The standard InChI is InChI=1S/C21H22N8/c1-14-11-24-20(27-26-14)25-16-8-9-21(22,10-16)19-7-6-17(12-23-19)29-13-15-4-2-3-5-18(15)28-29/h2-7,11-13,16H,8-10,22H2,1H3,(H,24,25,27). The van der Waals surface area contributed by atoms with Crippen LogP contribution in [0, 0.1) is 6.92 Å². The fourth-order valence-electron chi connectivity index (χ4n) is 3.93. The molecule has 3 N–H and O–H groups in total. The van der Waals surface area contributed by atoms with Crippen molar-refractivity contribution in [2.45, 2.75) is 37.8 Å². The largest absolute Gasteiger partial charge is 0.350 e. The van der Waals surface area contributed by atoms with Gasteiger partial charge in [-0.25, -0.2) is 9.67 Å². The third kappa shape index (κ3) is 3.42. The first-order chi connectivity index (χ1) is 14.1. The lowest BCUT2D eigenvalue weighted by atomic mass is 9.93. The molecule has 29 heavy (non-hydrogen) atoms. The van der Waals surface area contributed by atoms with E-state index >= 15 is 0 Å². The maximum absolute atomic E-state index is 6.72. The Kier molecular flexibility index (Phi) is 4.21. The second-order valence-corrected chi connectivity index (χ2v) is 7.70. The molecular weight excluding hydrogens is 364 g/mol. The predicted molar refractivity (Wildman–Crippen MR) is 111 cm³/mol. The number of nitrogens with one attached hydrogen (secondary N) is 1. The zero-order valence-electron chi connectivity index (χ0n) is 16.2.